The highest BCUT2D eigenvalue weighted by Crippen LogP contribution is 2.13. The molecule has 0 heterocycles. The normalized spacial score (nSPS) is 12.3. The highest BCUT2D eigenvalue weighted by molar-refractivity contribution is 7.92. The van der Waals surface area contributed by atoms with Crippen LogP contribution in [0.1, 0.15) is 11.1 Å². The van der Waals surface area contributed by atoms with Crippen molar-refractivity contribution in [2.45, 2.75) is 17.9 Å². The third-order valence-electron chi connectivity index (χ3n) is 3.61. The summed E-state index contributed by atoms with van der Waals surface area (Å²) in [6.45, 7) is 1.60. The number of rotatable bonds is 8. The van der Waals surface area contributed by atoms with Crippen molar-refractivity contribution in [3.63, 3.8) is 0 Å². The van der Waals surface area contributed by atoms with Crippen LogP contribution in [0, 0.1) is 6.92 Å². The first-order chi connectivity index (χ1) is 12.9. The lowest BCUT2D eigenvalue weighted by Gasteiger charge is -2.09. The van der Waals surface area contributed by atoms with Crippen LogP contribution in [-0.2, 0) is 19.4 Å². The Morgan fingerprint density at radius 3 is 2.48 bits per heavy atom. The molecule has 0 fully saturated rings. The molecule has 27 heavy (non-hydrogen) atoms. The van der Waals surface area contributed by atoms with Crippen molar-refractivity contribution < 1.29 is 17.9 Å². The average molecular weight is 385 g/mol. The lowest BCUT2D eigenvalue weighted by molar-refractivity contribution is -0.140. The van der Waals surface area contributed by atoms with E-state index in [-0.39, 0.29) is 11.5 Å². The van der Waals surface area contributed by atoms with Gasteiger partial charge < -0.3 is 4.74 Å². The van der Waals surface area contributed by atoms with Crippen LogP contribution in [0.2, 0.25) is 0 Å². The Kier molecular flexibility index (Phi) is 7.16. The second kappa shape index (κ2) is 9.56. The van der Waals surface area contributed by atoms with Crippen LogP contribution in [0.15, 0.2) is 70.7 Å². The third-order valence-corrected chi connectivity index (χ3v) is 5.22. The quantitative estimate of drug-likeness (QED) is 0.298. The molecule has 2 aromatic rings. The van der Waals surface area contributed by atoms with Gasteiger partial charge in [0.2, 0.25) is 0 Å². The number of sulfone groups is 1. The Balaban J connectivity index is 1.96. The summed E-state index contributed by atoms with van der Waals surface area (Å²) in [7, 11) is -3.79. The zero-order valence-corrected chi connectivity index (χ0v) is 15.5. The van der Waals surface area contributed by atoms with Crippen LogP contribution in [0.4, 0.5) is 0 Å². The molecule has 1 unspecified atom stereocenters. The van der Waals surface area contributed by atoms with E-state index < -0.39 is 27.6 Å². The molecule has 1 atom stereocenters. The van der Waals surface area contributed by atoms with Gasteiger partial charge in [-0.15, -0.1) is 0 Å². The van der Waals surface area contributed by atoms with Crippen LogP contribution >= 0.6 is 0 Å². The monoisotopic (exact) mass is 385 g/mol. The second-order valence-electron chi connectivity index (χ2n) is 5.80. The SMILES string of the molecule is Cc1ccc(S(=O)(=O)CC(=O)OCC(/C=C/c2ccccc2)N=[N+]=[N-])cc1. The maximum Gasteiger partial charge on any atom is 0.321 e. The van der Waals surface area contributed by atoms with E-state index in [4.69, 9.17) is 10.3 Å². The first-order valence-corrected chi connectivity index (χ1v) is 9.78. The van der Waals surface area contributed by atoms with Crippen LogP contribution in [0.25, 0.3) is 16.5 Å². The van der Waals surface area contributed by atoms with Crippen molar-refractivity contribution in [2.75, 3.05) is 12.4 Å². The molecule has 140 valence electrons. The maximum atomic E-state index is 12.2. The number of nitrogens with zero attached hydrogens (tertiary/aromatic N) is 3. The zero-order chi connectivity index (χ0) is 19.7. The molecule has 0 saturated heterocycles. The number of ether oxygens (including phenoxy) is 1. The Morgan fingerprint density at radius 1 is 1.19 bits per heavy atom. The van der Waals surface area contributed by atoms with Gasteiger partial charge in [-0.1, -0.05) is 65.3 Å². The summed E-state index contributed by atoms with van der Waals surface area (Å²) in [5, 5.41) is 3.54. The Bertz CT molecular complexity index is 948. The zero-order valence-electron chi connectivity index (χ0n) is 14.7. The lowest BCUT2D eigenvalue weighted by Crippen LogP contribution is -2.22. The van der Waals surface area contributed by atoms with Crippen molar-refractivity contribution in [1.29, 1.82) is 0 Å². The molecule has 0 aliphatic heterocycles. The summed E-state index contributed by atoms with van der Waals surface area (Å²) in [4.78, 5) is 14.7. The van der Waals surface area contributed by atoms with E-state index in [1.54, 1.807) is 24.3 Å². The van der Waals surface area contributed by atoms with Crippen LogP contribution < -0.4 is 0 Å². The third kappa shape index (κ3) is 6.62. The van der Waals surface area contributed by atoms with Gasteiger partial charge in [0.1, 0.15) is 6.61 Å². The molecule has 0 amide bonds. The minimum atomic E-state index is -3.79. The summed E-state index contributed by atoms with van der Waals surface area (Å²) in [5.41, 5.74) is 10.5. The van der Waals surface area contributed by atoms with E-state index in [2.05, 4.69) is 10.0 Å². The van der Waals surface area contributed by atoms with Gasteiger partial charge in [0.05, 0.1) is 10.9 Å². The molecule has 0 aromatic heterocycles. The van der Waals surface area contributed by atoms with E-state index in [9.17, 15) is 13.2 Å². The standard InChI is InChI=1S/C19H19N3O4S/c1-15-7-11-18(12-8-15)27(24,25)14-19(23)26-13-17(21-22-20)10-9-16-5-3-2-4-6-16/h2-12,17H,13-14H2,1H3/b10-9+. The molecule has 0 radical (unpaired) electrons. The molecule has 0 aliphatic rings. The molecule has 2 rings (SSSR count). The Labute approximate surface area is 157 Å². The molecule has 2 aromatic carbocycles. The minimum absolute atomic E-state index is 0.0561. The van der Waals surface area contributed by atoms with Gasteiger partial charge in [-0.3, -0.25) is 4.79 Å². The summed E-state index contributed by atoms with van der Waals surface area (Å²) >= 11 is 0. The number of carbonyl (C=O) groups is 1. The van der Waals surface area contributed by atoms with Gasteiger partial charge in [0.25, 0.3) is 0 Å². The van der Waals surface area contributed by atoms with Gasteiger partial charge in [-0.25, -0.2) is 8.42 Å². The van der Waals surface area contributed by atoms with Crippen LogP contribution in [-0.4, -0.2) is 32.8 Å². The highest BCUT2D eigenvalue weighted by Gasteiger charge is 2.21. The van der Waals surface area contributed by atoms with E-state index in [1.807, 2.05) is 37.3 Å². The van der Waals surface area contributed by atoms with Crippen LogP contribution in [0.5, 0.6) is 0 Å². The molecule has 7 nitrogen and oxygen atoms in total. The first-order valence-electron chi connectivity index (χ1n) is 8.13. The van der Waals surface area contributed by atoms with Gasteiger partial charge in [0.15, 0.2) is 15.6 Å². The second-order valence-corrected chi connectivity index (χ2v) is 7.79. The number of hydrogen-bond donors (Lipinski definition) is 0. The molecule has 0 spiro atoms. The maximum absolute atomic E-state index is 12.2. The lowest BCUT2D eigenvalue weighted by atomic mass is 10.2. The van der Waals surface area contributed by atoms with Gasteiger partial charge >= 0.3 is 5.97 Å². The van der Waals surface area contributed by atoms with Crippen molar-refractivity contribution >= 4 is 21.9 Å². The predicted molar refractivity (Wildman–Crippen MR) is 103 cm³/mol. The largest absolute Gasteiger partial charge is 0.464 e. The fourth-order valence-electron chi connectivity index (χ4n) is 2.18. The van der Waals surface area contributed by atoms with E-state index >= 15 is 0 Å². The number of benzene rings is 2. The number of esters is 1. The number of azide groups is 1. The van der Waals surface area contributed by atoms with Gasteiger partial charge in [-0.05, 0) is 30.2 Å². The molecular weight excluding hydrogens is 366 g/mol. The number of aryl methyl sites for hydroxylation is 1. The topological polar surface area (TPSA) is 109 Å². The molecule has 0 N–H and O–H groups in total. The summed E-state index contributed by atoms with van der Waals surface area (Å²) < 4.78 is 29.5. The summed E-state index contributed by atoms with van der Waals surface area (Å²) in [6, 6.07) is 14.8. The highest BCUT2D eigenvalue weighted by atomic mass is 32.2. The van der Waals surface area contributed by atoms with E-state index in [0.29, 0.717) is 0 Å². The predicted octanol–water partition coefficient (Wildman–Crippen LogP) is 3.70. The number of carbonyl (C=O) groups excluding carboxylic acids is 1. The molecule has 0 saturated carbocycles. The van der Waals surface area contributed by atoms with Crippen molar-refractivity contribution in [1.82, 2.24) is 0 Å². The minimum Gasteiger partial charge on any atom is -0.464 e. The molecule has 0 bridgehead atoms. The van der Waals surface area contributed by atoms with Crippen molar-refractivity contribution in [2.24, 2.45) is 5.11 Å². The fraction of sp³-hybridized carbons (Fsp3) is 0.211. The van der Waals surface area contributed by atoms with Crippen LogP contribution in [0.3, 0.4) is 0 Å². The van der Waals surface area contributed by atoms with Crippen molar-refractivity contribution in [3.8, 4) is 0 Å². The fourth-order valence-corrected chi connectivity index (χ4v) is 3.30. The van der Waals surface area contributed by atoms with E-state index in [1.165, 1.54) is 12.1 Å². The smallest absolute Gasteiger partial charge is 0.321 e. The van der Waals surface area contributed by atoms with Gasteiger partial charge in [-0.2, -0.15) is 0 Å². The Morgan fingerprint density at radius 2 is 1.85 bits per heavy atom. The molecule has 0 aliphatic carbocycles. The summed E-state index contributed by atoms with van der Waals surface area (Å²) in [5.74, 6) is -1.68. The Hall–Kier alpha value is -3.09. The molecular formula is C19H19N3O4S. The van der Waals surface area contributed by atoms with Crippen molar-refractivity contribution in [3.05, 3.63) is 82.2 Å². The van der Waals surface area contributed by atoms with Gasteiger partial charge in [0, 0.05) is 4.91 Å². The first kappa shape index (κ1) is 20.2. The number of hydrogen-bond acceptors (Lipinski definition) is 5. The average Bonchev–Trinajstić information content (AvgIpc) is 2.65. The van der Waals surface area contributed by atoms with E-state index in [0.717, 1.165) is 11.1 Å². The molecule has 8 heteroatoms. The summed E-state index contributed by atoms with van der Waals surface area (Å²) in [6.07, 6.45) is 3.33.